The van der Waals surface area contributed by atoms with Gasteiger partial charge in [-0.05, 0) is 94.9 Å². The Morgan fingerprint density at radius 1 is 1.15 bits per heavy atom. The minimum atomic E-state index is -0.120. The van der Waals surface area contributed by atoms with Gasteiger partial charge in [0, 0.05) is 34.9 Å². The SMILES string of the molecule is CN1CCC[C@@H]1c1cc2cnc(NC(=O)c3ccc(CCCC4CCNCC4)cc3)cc2[nH]1. The first kappa shape index (κ1) is 22.1. The molecule has 1 aromatic carbocycles. The van der Waals surface area contributed by atoms with Crippen LogP contribution in [0.1, 0.15) is 66.2 Å². The van der Waals surface area contributed by atoms with E-state index >= 15 is 0 Å². The number of nitrogens with zero attached hydrogens (tertiary/aromatic N) is 2. The summed E-state index contributed by atoms with van der Waals surface area (Å²) in [5.41, 5.74) is 4.21. The van der Waals surface area contributed by atoms with Crippen molar-refractivity contribution in [2.45, 2.75) is 51.0 Å². The van der Waals surface area contributed by atoms with E-state index in [2.05, 4.69) is 50.7 Å². The van der Waals surface area contributed by atoms with E-state index in [-0.39, 0.29) is 5.91 Å². The lowest BCUT2D eigenvalue weighted by molar-refractivity contribution is 0.102. The third kappa shape index (κ3) is 5.28. The Bertz CT molecular complexity index is 1080. The molecule has 5 rings (SSSR count). The van der Waals surface area contributed by atoms with Crippen LogP contribution in [0.5, 0.6) is 0 Å². The van der Waals surface area contributed by atoms with E-state index in [9.17, 15) is 4.79 Å². The molecule has 2 aliphatic rings. The van der Waals surface area contributed by atoms with Crippen LogP contribution < -0.4 is 10.6 Å². The molecular weight excluding hydrogens is 410 g/mol. The molecule has 4 heterocycles. The van der Waals surface area contributed by atoms with Crippen LogP contribution in [-0.2, 0) is 6.42 Å². The number of rotatable bonds is 7. The lowest BCUT2D eigenvalue weighted by Gasteiger charge is -2.22. The molecule has 0 radical (unpaired) electrons. The molecule has 0 bridgehead atoms. The quantitative estimate of drug-likeness (QED) is 0.483. The number of anilines is 1. The number of carbonyl (C=O) groups excluding carboxylic acids is 1. The number of likely N-dealkylation sites (tertiary alicyclic amines) is 1. The zero-order valence-corrected chi connectivity index (χ0v) is 19.6. The molecule has 0 aliphatic carbocycles. The summed E-state index contributed by atoms with van der Waals surface area (Å²) >= 11 is 0. The maximum Gasteiger partial charge on any atom is 0.256 e. The number of benzene rings is 1. The van der Waals surface area contributed by atoms with E-state index in [1.165, 1.54) is 62.9 Å². The van der Waals surface area contributed by atoms with Crippen LogP contribution in [-0.4, -0.2) is 47.5 Å². The van der Waals surface area contributed by atoms with Crippen LogP contribution in [0.25, 0.3) is 10.9 Å². The van der Waals surface area contributed by atoms with Gasteiger partial charge >= 0.3 is 0 Å². The number of aromatic nitrogens is 2. The topological polar surface area (TPSA) is 73.1 Å². The van der Waals surface area contributed by atoms with Crippen molar-refractivity contribution in [2.24, 2.45) is 5.92 Å². The summed E-state index contributed by atoms with van der Waals surface area (Å²) in [5, 5.41) is 7.47. The smallest absolute Gasteiger partial charge is 0.256 e. The highest BCUT2D eigenvalue weighted by molar-refractivity contribution is 6.04. The fraction of sp³-hybridized carbons (Fsp3) is 0.481. The number of carbonyl (C=O) groups is 1. The zero-order chi connectivity index (χ0) is 22.6. The number of pyridine rings is 1. The predicted molar refractivity (Wildman–Crippen MR) is 134 cm³/mol. The van der Waals surface area contributed by atoms with Gasteiger partial charge < -0.3 is 15.6 Å². The van der Waals surface area contributed by atoms with Crippen LogP contribution in [0.3, 0.4) is 0 Å². The second-order valence-corrected chi connectivity index (χ2v) is 9.76. The van der Waals surface area contributed by atoms with Gasteiger partial charge in [-0.3, -0.25) is 9.69 Å². The third-order valence-corrected chi connectivity index (χ3v) is 7.40. The van der Waals surface area contributed by atoms with Crippen LogP contribution in [0, 0.1) is 5.92 Å². The molecule has 33 heavy (non-hydrogen) atoms. The molecule has 6 heteroatoms. The molecule has 3 N–H and O–H groups in total. The monoisotopic (exact) mass is 445 g/mol. The minimum absolute atomic E-state index is 0.120. The molecule has 0 unspecified atom stereocenters. The van der Waals surface area contributed by atoms with Gasteiger partial charge in [0.2, 0.25) is 0 Å². The molecule has 0 spiro atoms. The number of hydrogen-bond donors (Lipinski definition) is 3. The van der Waals surface area contributed by atoms with Crippen LogP contribution in [0.4, 0.5) is 5.82 Å². The molecule has 1 atom stereocenters. The molecular formula is C27H35N5O. The highest BCUT2D eigenvalue weighted by atomic mass is 16.1. The normalized spacial score (nSPS) is 19.8. The van der Waals surface area contributed by atoms with Crippen LogP contribution in [0.2, 0.25) is 0 Å². The molecule has 6 nitrogen and oxygen atoms in total. The van der Waals surface area contributed by atoms with E-state index in [1.807, 2.05) is 24.4 Å². The van der Waals surface area contributed by atoms with Crippen molar-refractivity contribution in [3.05, 3.63) is 59.4 Å². The maximum atomic E-state index is 12.8. The first-order valence-electron chi connectivity index (χ1n) is 12.5. The molecule has 2 saturated heterocycles. The van der Waals surface area contributed by atoms with Gasteiger partial charge in [-0.1, -0.05) is 18.6 Å². The molecule has 1 amide bonds. The van der Waals surface area contributed by atoms with Gasteiger partial charge in [0.15, 0.2) is 0 Å². The lowest BCUT2D eigenvalue weighted by Crippen LogP contribution is -2.27. The number of aryl methyl sites for hydroxylation is 1. The fourth-order valence-electron chi connectivity index (χ4n) is 5.38. The lowest BCUT2D eigenvalue weighted by atomic mass is 9.91. The molecule has 174 valence electrons. The first-order chi connectivity index (χ1) is 16.2. The number of hydrogen-bond acceptors (Lipinski definition) is 4. The van der Waals surface area contributed by atoms with Crippen LogP contribution >= 0.6 is 0 Å². The summed E-state index contributed by atoms with van der Waals surface area (Å²) in [6.45, 7) is 3.47. The van der Waals surface area contributed by atoms with Gasteiger partial charge in [0.25, 0.3) is 5.91 Å². The number of fused-ring (bicyclic) bond motifs is 1. The van der Waals surface area contributed by atoms with Crippen molar-refractivity contribution in [2.75, 3.05) is 32.0 Å². The maximum absolute atomic E-state index is 12.8. The summed E-state index contributed by atoms with van der Waals surface area (Å²) in [7, 11) is 2.17. The van der Waals surface area contributed by atoms with E-state index in [1.54, 1.807) is 0 Å². The van der Waals surface area contributed by atoms with Crippen molar-refractivity contribution in [3.63, 3.8) is 0 Å². The average Bonchev–Trinajstić information content (AvgIpc) is 3.45. The van der Waals surface area contributed by atoms with Crippen molar-refractivity contribution in [1.82, 2.24) is 20.2 Å². The molecule has 2 aliphatic heterocycles. The standard InChI is InChI=1S/C27H35N5O/c1-32-15-3-6-25(32)24-16-22-18-29-26(17-23(22)30-24)31-27(33)21-9-7-19(8-10-21)4-2-5-20-11-13-28-14-12-20/h7-10,16-18,20,25,28,30H,2-6,11-15H2,1H3,(H,29,31,33)/t25-/m1/s1. The average molecular weight is 446 g/mol. The van der Waals surface area contributed by atoms with E-state index < -0.39 is 0 Å². The van der Waals surface area contributed by atoms with E-state index in [0.29, 0.717) is 17.4 Å². The molecule has 2 fully saturated rings. The van der Waals surface area contributed by atoms with Crippen molar-refractivity contribution in [3.8, 4) is 0 Å². The van der Waals surface area contributed by atoms with Crippen molar-refractivity contribution in [1.29, 1.82) is 0 Å². The Labute approximate surface area is 196 Å². The third-order valence-electron chi connectivity index (χ3n) is 7.40. The van der Waals surface area contributed by atoms with Gasteiger partial charge in [0.1, 0.15) is 5.82 Å². The fourth-order valence-corrected chi connectivity index (χ4v) is 5.38. The summed E-state index contributed by atoms with van der Waals surface area (Å²) in [6.07, 6.45) is 10.5. The van der Waals surface area contributed by atoms with Gasteiger partial charge in [0.05, 0.1) is 5.52 Å². The van der Waals surface area contributed by atoms with Gasteiger partial charge in [-0.25, -0.2) is 4.98 Å². The Morgan fingerprint density at radius 2 is 1.97 bits per heavy atom. The Balaban J connectivity index is 1.17. The highest BCUT2D eigenvalue weighted by Gasteiger charge is 2.24. The molecule has 2 aromatic heterocycles. The van der Waals surface area contributed by atoms with Gasteiger partial charge in [-0.2, -0.15) is 0 Å². The Morgan fingerprint density at radius 3 is 2.73 bits per heavy atom. The Hall–Kier alpha value is -2.70. The second-order valence-electron chi connectivity index (χ2n) is 9.76. The van der Waals surface area contributed by atoms with E-state index in [4.69, 9.17) is 0 Å². The number of H-pyrrole nitrogens is 1. The number of aromatic amines is 1. The van der Waals surface area contributed by atoms with Crippen molar-refractivity contribution < 1.29 is 4.79 Å². The number of nitrogens with one attached hydrogen (secondary N) is 3. The predicted octanol–water partition coefficient (Wildman–Crippen LogP) is 4.90. The second kappa shape index (κ2) is 10.1. The summed E-state index contributed by atoms with van der Waals surface area (Å²) < 4.78 is 0. The summed E-state index contributed by atoms with van der Waals surface area (Å²) in [5.74, 6) is 1.33. The first-order valence-corrected chi connectivity index (χ1v) is 12.5. The summed E-state index contributed by atoms with van der Waals surface area (Å²) in [6, 6.07) is 12.6. The summed E-state index contributed by atoms with van der Waals surface area (Å²) in [4.78, 5) is 23.2. The molecule has 3 aromatic rings. The van der Waals surface area contributed by atoms with Crippen LogP contribution in [0.15, 0.2) is 42.6 Å². The largest absolute Gasteiger partial charge is 0.357 e. The van der Waals surface area contributed by atoms with E-state index in [0.717, 1.165) is 29.8 Å². The highest BCUT2D eigenvalue weighted by Crippen LogP contribution is 2.32. The van der Waals surface area contributed by atoms with Gasteiger partial charge in [-0.15, -0.1) is 0 Å². The zero-order valence-electron chi connectivity index (χ0n) is 19.6. The minimum Gasteiger partial charge on any atom is -0.357 e. The number of piperidine rings is 1. The Kier molecular flexibility index (Phi) is 6.74. The molecule has 0 saturated carbocycles. The van der Waals surface area contributed by atoms with Crippen molar-refractivity contribution >= 4 is 22.6 Å². The number of amides is 1.